The van der Waals surface area contributed by atoms with E-state index in [-0.39, 0.29) is 0 Å². The third-order valence-corrected chi connectivity index (χ3v) is 13.5. The van der Waals surface area contributed by atoms with E-state index in [1.54, 1.807) is 0 Å². The SMILES string of the molecule is CCCCCCCCCCCCOc1ccc(C2(C(O)c3ccc(I)cc3)SCCCS2)cc1OCCCCCCCCCCCC. The van der Waals surface area contributed by atoms with Crippen molar-refractivity contribution in [3.63, 3.8) is 0 Å². The smallest absolute Gasteiger partial charge is 0.161 e. The van der Waals surface area contributed by atoms with Gasteiger partial charge < -0.3 is 14.6 Å². The van der Waals surface area contributed by atoms with E-state index < -0.39 is 10.2 Å². The first kappa shape index (κ1) is 40.9. The Morgan fingerprint density at radius 1 is 0.617 bits per heavy atom. The van der Waals surface area contributed by atoms with Crippen LogP contribution >= 0.6 is 46.1 Å². The Hall–Kier alpha value is -0.570. The fraction of sp³-hybridized carbons (Fsp3) is 0.707. The van der Waals surface area contributed by atoms with Gasteiger partial charge in [0, 0.05) is 3.57 Å². The molecule has 2 aromatic carbocycles. The van der Waals surface area contributed by atoms with E-state index in [1.165, 1.54) is 126 Å². The summed E-state index contributed by atoms with van der Waals surface area (Å²) in [6.45, 7) is 6.00. The summed E-state index contributed by atoms with van der Waals surface area (Å²) >= 11 is 6.10. The van der Waals surface area contributed by atoms with E-state index >= 15 is 0 Å². The van der Waals surface area contributed by atoms with Crippen molar-refractivity contribution in [3.8, 4) is 11.5 Å². The van der Waals surface area contributed by atoms with Crippen LogP contribution in [-0.4, -0.2) is 29.8 Å². The van der Waals surface area contributed by atoms with Crippen LogP contribution in [0.2, 0.25) is 0 Å². The standard InChI is InChI=1S/C41H65IO3S2/c1-3-5-7-9-11-13-15-17-19-21-30-44-38-29-26-36(34-39(38)45-31-22-20-18-16-14-12-10-8-6-4-2)41(46-32-23-33-47-41)40(43)35-24-27-37(42)28-25-35/h24-29,34,40,43H,3-23,30-33H2,1-2H3. The zero-order chi connectivity index (χ0) is 33.4. The third kappa shape index (κ3) is 15.5. The zero-order valence-corrected chi connectivity index (χ0v) is 33.5. The highest BCUT2D eigenvalue weighted by atomic mass is 127. The van der Waals surface area contributed by atoms with Gasteiger partial charge in [-0.2, -0.15) is 0 Å². The van der Waals surface area contributed by atoms with E-state index in [0.717, 1.165) is 53.6 Å². The van der Waals surface area contributed by atoms with Crippen LogP contribution in [0.4, 0.5) is 0 Å². The van der Waals surface area contributed by atoms with Crippen molar-refractivity contribution in [2.24, 2.45) is 0 Å². The second-order valence-electron chi connectivity index (χ2n) is 13.4. The van der Waals surface area contributed by atoms with Gasteiger partial charge in [-0.3, -0.25) is 0 Å². The molecule has 1 heterocycles. The van der Waals surface area contributed by atoms with E-state index in [4.69, 9.17) is 9.47 Å². The number of unbranched alkanes of at least 4 members (excludes halogenated alkanes) is 18. The molecule has 0 radical (unpaired) electrons. The molecule has 0 aromatic heterocycles. The Labute approximate surface area is 311 Å². The number of aliphatic hydroxyl groups excluding tert-OH is 1. The number of benzene rings is 2. The summed E-state index contributed by atoms with van der Waals surface area (Å²) in [5.74, 6) is 3.77. The quantitative estimate of drug-likeness (QED) is 0.0720. The zero-order valence-electron chi connectivity index (χ0n) is 29.8. The molecule has 1 aliphatic rings. The van der Waals surface area contributed by atoms with Gasteiger partial charge in [-0.25, -0.2) is 0 Å². The van der Waals surface area contributed by atoms with Gasteiger partial charge in [0.1, 0.15) is 10.2 Å². The normalized spacial score (nSPS) is 15.1. The highest BCUT2D eigenvalue weighted by Crippen LogP contribution is 2.58. The largest absolute Gasteiger partial charge is 0.490 e. The Morgan fingerprint density at radius 3 is 1.55 bits per heavy atom. The fourth-order valence-corrected chi connectivity index (χ4v) is 10.1. The predicted molar refractivity (Wildman–Crippen MR) is 216 cm³/mol. The maximum atomic E-state index is 11.9. The highest BCUT2D eigenvalue weighted by Gasteiger charge is 2.44. The highest BCUT2D eigenvalue weighted by molar-refractivity contribution is 14.1. The van der Waals surface area contributed by atoms with Crippen LogP contribution in [0.15, 0.2) is 42.5 Å². The lowest BCUT2D eigenvalue weighted by molar-refractivity contribution is 0.163. The molecule has 0 saturated carbocycles. The first-order valence-corrected chi connectivity index (χ1v) is 22.3. The van der Waals surface area contributed by atoms with Gasteiger partial charge in [0.2, 0.25) is 0 Å². The molecule has 0 amide bonds. The molecule has 1 unspecified atom stereocenters. The van der Waals surface area contributed by atoms with Gasteiger partial charge in [-0.15, -0.1) is 23.5 Å². The number of aliphatic hydroxyl groups is 1. The van der Waals surface area contributed by atoms with E-state index in [1.807, 2.05) is 23.5 Å². The van der Waals surface area contributed by atoms with Crippen molar-refractivity contribution in [1.82, 2.24) is 0 Å². The van der Waals surface area contributed by atoms with Crippen LogP contribution in [0, 0.1) is 3.57 Å². The molecule has 1 N–H and O–H groups in total. The summed E-state index contributed by atoms with van der Waals surface area (Å²) in [6, 6.07) is 14.8. The summed E-state index contributed by atoms with van der Waals surface area (Å²) in [6.07, 6.45) is 26.9. The fourth-order valence-electron chi connectivity index (χ4n) is 6.40. The molecular formula is C41H65IO3S2. The Morgan fingerprint density at radius 2 is 1.06 bits per heavy atom. The number of hydrogen-bond donors (Lipinski definition) is 1. The number of thioether (sulfide) groups is 2. The summed E-state index contributed by atoms with van der Waals surface area (Å²) in [4.78, 5) is 0. The Balaban J connectivity index is 1.58. The minimum Gasteiger partial charge on any atom is -0.490 e. The van der Waals surface area contributed by atoms with Crippen molar-refractivity contribution in [2.75, 3.05) is 24.7 Å². The van der Waals surface area contributed by atoms with Gasteiger partial charge in [-0.1, -0.05) is 148 Å². The van der Waals surface area contributed by atoms with Crippen molar-refractivity contribution < 1.29 is 14.6 Å². The average molecular weight is 797 g/mol. The molecule has 1 aliphatic heterocycles. The molecule has 1 atom stereocenters. The van der Waals surface area contributed by atoms with Crippen molar-refractivity contribution >= 4 is 46.1 Å². The monoisotopic (exact) mass is 796 g/mol. The second kappa shape index (κ2) is 25.4. The summed E-state index contributed by atoms with van der Waals surface area (Å²) in [7, 11) is 0. The number of hydrogen-bond acceptors (Lipinski definition) is 5. The van der Waals surface area contributed by atoms with Gasteiger partial charge in [-0.05, 0) is 88.8 Å². The summed E-state index contributed by atoms with van der Waals surface area (Å²) in [5, 5.41) is 11.9. The first-order valence-electron chi connectivity index (χ1n) is 19.2. The minimum absolute atomic E-state index is 0.463. The second-order valence-corrected chi connectivity index (χ2v) is 17.6. The van der Waals surface area contributed by atoms with Gasteiger partial charge >= 0.3 is 0 Å². The lowest BCUT2D eigenvalue weighted by atomic mass is 9.99. The molecule has 47 heavy (non-hydrogen) atoms. The van der Waals surface area contributed by atoms with E-state index in [2.05, 4.69) is 78.9 Å². The molecule has 1 saturated heterocycles. The van der Waals surface area contributed by atoms with Gasteiger partial charge in [0.25, 0.3) is 0 Å². The molecule has 0 aliphatic carbocycles. The topological polar surface area (TPSA) is 38.7 Å². The molecule has 3 rings (SSSR count). The lowest BCUT2D eigenvalue weighted by Crippen LogP contribution is -2.30. The number of rotatable bonds is 27. The molecule has 266 valence electrons. The van der Waals surface area contributed by atoms with Crippen LogP contribution in [0.1, 0.15) is 166 Å². The lowest BCUT2D eigenvalue weighted by Gasteiger charge is -2.40. The van der Waals surface area contributed by atoms with Crippen molar-refractivity contribution in [1.29, 1.82) is 0 Å². The molecular weight excluding hydrogens is 731 g/mol. The molecule has 6 heteroatoms. The van der Waals surface area contributed by atoms with Crippen LogP contribution in [0.25, 0.3) is 0 Å². The number of ether oxygens (including phenoxy) is 2. The van der Waals surface area contributed by atoms with E-state index in [0.29, 0.717) is 6.61 Å². The number of halogens is 1. The van der Waals surface area contributed by atoms with Crippen molar-refractivity contribution in [3.05, 3.63) is 57.2 Å². The van der Waals surface area contributed by atoms with E-state index in [9.17, 15) is 5.11 Å². The molecule has 0 bridgehead atoms. The maximum absolute atomic E-state index is 11.9. The Kier molecular flexibility index (Phi) is 22.1. The summed E-state index contributed by atoms with van der Waals surface area (Å²) < 4.78 is 13.6. The minimum atomic E-state index is -0.608. The van der Waals surface area contributed by atoms with Crippen LogP contribution in [-0.2, 0) is 4.08 Å². The van der Waals surface area contributed by atoms with Crippen molar-refractivity contribution in [2.45, 2.75) is 159 Å². The van der Waals surface area contributed by atoms with Crippen LogP contribution in [0.3, 0.4) is 0 Å². The van der Waals surface area contributed by atoms with Crippen LogP contribution in [0.5, 0.6) is 11.5 Å². The van der Waals surface area contributed by atoms with Gasteiger partial charge in [0.15, 0.2) is 11.5 Å². The Bertz CT molecular complexity index is 1060. The third-order valence-electron chi connectivity index (χ3n) is 9.32. The molecule has 1 fully saturated rings. The molecule has 0 spiro atoms. The first-order chi connectivity index (χ1) is 23.1. The predicted octanol–water partition coefficient (Wildman–Crippen LogP) is 13.6. The average Bonchev–Trinajstić information content (AvgIpc) is 3.10. The molecule has 2 aromatic rings. The van der Waals surface area contributed by atoms with Gasteiger partial charge in [0.05, 0.1) is 13.2 Å². The van der Waals surface area contributed by atoms with Crippen LogP contribution < -0.4 is 9.47 Å². The maximum Gasteiger partial charge on any atom is 0.161 e. The summed E-state index contributed by atoms with van der Waals surface area (Å²) in [5.41, 5.74) is 2.10. The molecule has 3 nitrogen and oxygen atoms in total.